The first-order chi connectivity index (χ1) is 9.58. The molecule has 1 amide bonds. The molecule has 0 aromatic rings. The number of methoxy groups -OCH3 is 1. The van der Waals surface area contributed by atoms with Crippen molar-refractivity contribution in [3.63, 3.8) is 0 Å². The van der Waals surface area contributed by atoms with E-state index < -0.39 is 0 Å². The lowest BCUT2D eigenvalue weighted by Crippen LogP contribution is -2.46. The Morgan fingerprint density at radius 2 is 2.15 bits per heavy atom. The predicted molar refractivity (Wildman–Crippen MR) is 75.3 cm³/mol. The van der Waals surface area contributed by atoms with Gasteiger partial charge in [0.05, 0.1) is 13.2 Å². The third kappa shape index (κ3) is 5.46. The van der Waals surface area contributed by atoms with Gasteiger partial charge in [-0.25, -0.2) is 0 Å². The minimum Gasteiger partial charge on any atom is -0.465 e. The third-order valence-electron chi connectivity index (χ3n) is 3.48. The van der Waals surface area contributed by atoms with Crippen LogP contribution in [0.15, 0.2) is 0 Å². The smallest absolute Gasteiger partial charge is 0.325 e. The highest BCUT2D eigenvalue weighted by Crippen LogP contribution is 2.18. The Bertz CT molecular complexity index is 322. The summed E-state index contributed by atoms with van der Waals surface area (Å²) in [6, 6.07) is 0.338. The van der Waals surface area contributed by atoms with E-state index in [4.69, 9.17) is 9.47 Å². The van der Waals surface area contributed by atoms with Crippen molar-refractivity contribution in [1.82, 2.24) is 10.2 Å². The molecule has 116 valence electrons. The second-order valence-corrected chi connectivity index (χ2v) is 5.13. The maximum absolute atomic E-state index is 12.5. The van der Waals surface area contributed by atoms with Gasteiger partial charge in [-0.2, -0.15) is 0 Å². The fourth-order valence-electron chi connectivity index (χ4n) is 2.45. The molecule has 20 heavy (non-hydrogen) atoms. The molecule has 1 fully saturated rings. The van der Waals surface area contributed by atoms with Crippen LogP contribution in [0.3, 0.4) is 0 Å². The zero-order valence-corrected chi connectivity index (χ0v) is 12.7. The Balaban J connectivity index is 2.60. The zero-order valence-electron chi connectivity index (χ0n) is 12.7. The molecule has 2 atom stereocenters. The number of amides is 1. The number of carbonyl (C=O) groups is 2. The van der Waals surface area contributed by atoms with Crippen molar-refractivity contribution in [2.75, 3.05) is 40.0 Å². The molecule has 0 spiro atoms. The minimum absolute atomic E-state index is 0.00828. The van der Waals surface area contributed by atoms with Crippen LogP contribution in [0.4, 0.5) is 0 Å². The molecule has 2 unspecified atom stereocenters. The summed E-state index contributed by atoms with van der Waals surface area (Å²) < 4.78 is 9.94. The molecule has 0 aromatic carbocycles. The first kappa shape index (κ1) is 16.9. The molecule has 0 aromatic heterocycles. The van der Waals surface area contributed by atoms with E-state index in [0.717, 1.165) is 19.4 Å². The number of esters is 1. The van der Waals surface area contributed by atoms with E-state index in [1.807, 2.05) is 0 Å². The van der Waals surface area contributed by atoms with Crippen LogP contribution in [0.1, 0.15) is 26.7 Å². The van der Waals surface area contributed by atoms with E-state index in [-0.39, 0.29) is 24.3 Å². The summed E-state index contributed by atoms with van der Waals surface area (Å²) in [5, 5.41) is 3.32. The van der Waals surface area contributed by atoms with Crippen LogP contribution in [0.5, 0.6) is 0 Å². The standard InChI is InChI=1S/C14H26N2O4/c1-4-20-13(17)10-16(7-8-19-3)14(18)12-5-6-15-11(2)9-12/h11-12,15H,4-10H2,1-3H3. The van der Waals surface area contributed by atoms with E-state index in [9.17, 15) is 9.59 Å². The number of hydrogen-bond donors (Lipinski definition) is 1. The quantitative estimate of drug-likeness (QED) is 0.687. The van der Waals surface area contributed by atoms with E-state index >= 15 is 0 Å². The van der Waals surface area contributed by atoms with Crippen molar-refractivity contribution < 1.29 is 19.1 Å². The zero-order chi connectivity index (χ0) is 15.0. The second kappa shape index (κ2) is 8.92. The van der Waals surface area contributed by atoms with Gasteiger partial charge in [0.15, 0.2) is 0 Å². The number of hydrogen-bond acceptors (Lipinski definition) is 5. The molecular formula is C14H26N2O4. The lowest BCUT2D eigenvalue weighted by atomic mass is 9.92. The van der Waals surface area contributed by atoms with Gasteiger partial charge in [-0.05, 0) is 33.2 Å². The van der Waals surface area contributed by atoms with Gasteiger partial charge in [-0.3, -0.25) is 9.59 Å². The number of carbonyl (C=O) groups excluding carboxylic acids is 2. The molecule has 1 aliphatic rings. The molecule has 1 aliphatic heterocycles. The van der Waals surface area contributed by atoms with Crippen LogP contribution < -0.4 is 5.32 Å². The molecule has 6 nitrogen and oxygen atoms in total. The lowest BCUT2D eigenvalue weighted by molar-refractivity contribution is -0.151. The van der Waals surface area contributed by atoms with Gasteiger partial charge in [0.25, 0.3) is 0 Å². The van der Waals surface area contributed by atoms with Crippen molar-refractivity contribution in [3.05, 3.63) is 0 Å². The summed E-state index contributed by atoms with van der Waals surface area (Å²) in [6.07, 6.45) is 1.63. The van der Waals surface area contributed by atoms with Gasteiger partial charge < -0.3 is 19.7 Å². The highest BCUT2D eigenvalue weighted by molar-refractivity contribution is 5.83. The van der Waals surface area contributed by atoms with E-state index in [2.05, 4.69) is 12.2 Å². The monoisotopic (exact) mass is 286 g/mol. The summed E-state index contributed by atoms with van der Waals surface area (Å²) in [5.74, 6) is -0.347. The van der Waals surface area contributed by atoms with Crippen molar-refractivity contribution in [1.29, 1.82) is 0 Å². The van der Waals surface area contributed by atoms with E-state index in [1.165, 1.54) is 0 Å². The summed E-state index contributed by atoms with van der Waals surface area (Å²) in [7, 11) is 1.58. The van der Waals surface area contributed by atoms with Crippen LogP contribution in [-0.2, 0) is 19.1 Å². The largest absolute Gasteiger partial charge is 0.465 e. The Labute approximate surface area is 120 Å². The van der Waals surface area contributed by atoms with E-state index in [0.29, 0.717) is 25.8 Å². The molecule has 1 saturated heterocycles. The molecule has 0 radical (unpaired) electrons. The van der Waals surface area contributed by atoms with Crippen molar-refractivity contribution >= 4 is 11.9 Å². The highest BCUT2D eigenvalue weighted by Gasteiger charge is 2.29. The van der Waals surface area contributed by atoms with Gasteiger partial charge in [0, 0.05) is 25.6 Å². The number of piperidine rings is 1. The number of nitrogens with one attached hydrogen (secondary N) is 1. The molecule has 0 bridgehead atoms. The summed E-state index contributed by atoms with van der Waals surface area (Å²) in [6.45, 7) is 5.86. The Morgan fingerprint density at radius 1 is 1.40 bits per heavy atom. The second-order valence-electron chi connectivity index (χ2n) is 5.13. The topological polar surface area (TPSA) is 67.9 Å². The molecule has 6 heteroatoms. The Hall–Kier alpha value is -1.14. The molecule has 1 rings (SSSR count). The van der Waals surface area contributed by atoms with Crippen molar-refractivity contribution in [3.8, 4) is 0 Å². The van der Waals surface area contributed by atoms with Gasteiger partial charge >= 0.3 is 5.97 Å². The first-order valence-corrected chi connectivity index (χ1v) is 7.25. The average molecular weight is 286 g/mol. The van der Waals surface area contributed by atoms with Gasteiger partial charge in [0.2, 0.25) is 5.91 Å². The molecule has 0 aliphatic carbocycles. The van der Waals surface area contributed by atoms with Gasteiger partial charge in [0.1, 0.15) is 6.54 Å². The summed E-state index contributed by atoms with van der Waals surface area (Å²) >= 11 is 0. The van der Waals surface area contributed by atoms with Crippen molar-refractivity contribution in [2.45, 2.75) is 32.7 Å². The molecule has 1 heterocycles. The molecule has 0 saturated carbocycles. The summed E-state index contributed by atoms with van der Waals surface area (Å²) in [4.78, 5) is 25.7. The maximum atomic E-state index is 12.5. The minimum atomic E-state index is -0.362. The third-order valence-corrected chi connectivity index (χ3v) is 3.48. The van der Waals surface area contributed by atoms with Gasteiger partial charge in [-0.1, -0.05) is 0 Å². The first-order valence-electron chi connectivity index (χ1n) is 7.25. The average Bonchev–Trinajstić information content (AvgIpc) is 2.43. The number of ether oxygens (including phenoxy) is 2. The van der Waals surface area contributed by atoms with E-state index in [1.54, 1.807) is 18.9 Å². The SMILES string of the molecule is CCOC(=O)CN(CCOC)C(=O)C1CCNC(C)C1. The predicted octanol–water partition coefficient (Wildman–Crippen LogP) is 0.413. The lowest BCUT2D eigenvalue weighted by Gasteiger charge is -2.31. The fraction of sp³-hybridized carbons (Fsp3) is 0.857. The highest BCUT2D eigenvalue weighted by atomic mass is 16.5. The van der Waals surface area contributed by atoms with Crippen LogP contribution in [0.25, 0.3) is 0 Å². The van der Waals surface area contributed by atoms with Crippen LogP contribution in [-0.4, -0.2) is 62.8 Å². The van der Waals surface area contributed by atoms with Crippen LogP contribution in [0.2, 0.25) is 0 Å². The molecular weight excluding hydrogens is 260 g/mol. The maximum Gasteiger partial charge on any atom is 0.325 e. The Kier molecular flexibility index (Phi) is 7.54. The summed E-state index contributed by atoms with van der Waals surface area (Å²) in [5.41, 5.74) is 0. The van der Waals surface area contributed by atoms with Crippen LogP contribution >= 0.6 is 0 Å². The van der Waals surface area contributed by atoms with Crippen LogP contribution in [0, 0.1) is 5.92 Å². The normalized spacial score (nSPS) is 22.4. The molecule has 1 N–H and O–H groups in total. The van der Waals surface area contributed by atoms with Crippen molar-refractivity contribution in [2.24, 2.45) is 5.92 Å². The number of nitrogens with zero attached hydrogens (tertiary/aromatic N) is 1. The fourth-order valence-corrected chi connectivity index (χ4v) is 2.45. The van der Waals surface area contributed by atoms with Gasteiger partial charge in [-0.15, -0.1) is 0 Å². The Morgan fingerprint density at radius 3 is 2.75 bits per heavy atom. The number of rotatable bonds is 7.